The molecule has 0 bridgehead atoms. The van der Waals surface area contributed by atoms with Crippen LogP contribution in [0, 0.1) is 11.7 Å². The zero-order valence-electron chi connectivity index (χ0n) is 14.3. The second-order valence-corrected chi connectivity index (χ2v) is 5.66. The molecule has 0 amide bonds. The predicted octanol–water partition coefficient (Wildman–Crippen LogP) is 3.72. The summed E-state index contributed by atoms with van der Waals surface area (Å²) < 4.78 is 24.6. The highest BCUT2D eigenvalue weighted by Gasteiger charge is 2.25. The highest BCUT2D eigenvalue weighted by Crippen LogP contribution is 2.22. The van der Waals surface area contributed by atoms with Crippen molar-refractivity contribution in [1.82, 2.24) is 0 Å². The van der Waals surface area contributed by atoms with Crippen LogP contribution in [-0.4, -0.2) is 18.4 Å². The van der Waals surface area contributed by atoms with E-state index in [0.29, 0.717) is 5.56 Å². The summed E-state index contributed by atoms with van der Waals surface area (Å²) >= 11 is 0. The van der Waals surface area contributed by atoms with Gasteiger partial charge in [0.25, 0.3) is 0 Å². The number of esters is 1. The summed E-state index contributed by atoms with van der Waals surface area (Å²) in [6.45, 7) is 3.46. The zero-order chi connectivity index (χ0) is 18.2. The standard InChI is InChI=1S/C20H21FO4/c1-3-24-20(23)17(14(2)22)11-16-9-10-19(18(21)12-16)25-13-15-7-5-4-6-8-15/h4-10,12,17H,3,11,13H2,1-2H3. The van der Waals surface area contributed by atoms with Crippen LogP contribution in [0.1, 0.15) is 25.0 Å². The molecule has 132 valence electrons. The fourth-order valence-electron chi connectivity index (χ4n) is 2.40. The maximum atomic E-state index is 14.2. The number of ether oxygens (including phenoxy) is 2. The number of ketones is 1. The van der Waals surface area contributed by atoms with E-state index in [1.54, 1.807) is 13.0 Å². The summed E-state index contributed by atoms with van der Waals surface area (Å²) in [5, 5.41) is 0. The number of carbonyl (C=O) groups is 2. The Morgan fingerprint density at radius 2 is 1.80 bits per heavy atom. The summed E-state index contributed by atoms with van der Waals surface area (Å²) in [6, 6.07) is 13.9. The molecular weight excluding hydrogens is 323 g/mol. The average molecular weight is 344 g/mol. The number of hydrogen-bond donors (Lipinski definition) is 0. The first kappa shape index (κ1) is 18.6. The van der Waals surface area contributed by atoms with E-state index < -0.39 is 17.7 Å². The predicted molar refractivity (Wildman–Crippen MR) is 91.7 cm³/mol. The lowest BCUT2D eigenvalue weighted by atomic mass is 9.96. The highest BCUT2D eigenvalue weighted by atomic mass is 19.1. The minimum atomic E-state index is -0.921. The Hall–Kier alpha value is -2.69. The summed E-state index contributed by atoms with van der Waals surface area (Å²) in [6.07, 6.45) is 0.101. The van der Waals surface area contributed by atoms with Crippen molar-refractivity contribution >= 4 is 11.8 Å². The number of rotatable bonds is 8. The first-order valence-electron chi connectivity index (χ1n) is 8.13. The number of halogens is 1. The second-order valence-electron chi connectivity index (χ2n) is 5.66. The molecular formula is C20H21FO4. The molecule has 0 heterocycles. The molecule has 5 heteroatoms. The SMILES string of the molecule is CCOC(=O)C(Cc1ccc(OCc2ccccc2)c(F)c1)C(C)=O. The number of Topliss-reactive ketones (excluding diaryl/α,β-unsaturated/α-hetero) is 1. The molecule has 0 saturated carbocycles. The molecule has 1 atom stereocenters. The molecule has 0 spiro atoms. The van der Waals surface area contributed by atoms with Crippen LogP contribution in [0.5, 0.6) is 5.75 Å². The summed E-state index contributed by atoms with van der Waals surface area (Å²) in [5.74, 6) is -2.21. The highest BCUT2D eigenvalue weighted by molar-refractivity contribution is 5.98. The van der Waals surface area contributed by atoms with E-state index in [4.69, 9.17) is 9.47 Å². The lowest BCUT2D eigenvalue weighted by molar-refractivity contribution is -0.151. The Kier molecular flexibility index (Phi) is 6.69. The van der Waals surface area contributed by atoms with Gasteiger partial charge in [0.15, 0.2) is 11.6 Å². The van der Waals surface area contributed by atoms with Gasteiger partial charge in [-0.2, -0.15) is 0 Å². The molecule has 0 aromatic heterocycles. The van der Waals surface area contributed by atoms with E-state index in [0.717, 1.165) is 5.56 Å². The number of carbonyl (C=O) groups excluding carboxylic acids is 2. The van der Waals surface area contributed by atoms with Crippen LogP contribution in [0.4, 0.5) is 4.39 Å². The van der Waals surface area contributed by atoms with Gasteiger partial charge in [-0.15, -0.1) is 0 Å². The molecule has 0 aliphatic carbocycles. The average Bonchev–Trinajstić information content (AvgIpc) is 2.59. The van der Waals surface area contributed by atoms with Gasteiger partial charge in [0.05, 0.1) is 6.61 Å². The Morgan fingerprint density at radius 3 is 2.40 bits per heavy atom. The number of hydrogen-bond acceptors (Lipinski definition) is 4. The van der Waals surface area contributed by atoms with Crippen molar-refractivity contribution in [2.75, 3.05) is 6.61 Å². The number of benzene rings is 2. The van der Waals surface area contributed by atoms with Crippen LogP contribution in [0.25, 0.3) is 0 Å². The van der Waals surface area contributed by atoms with Gasteiger partial charge in [0.2, 0.25) is 0 Å². The largest absolute Gasteiger partial charge is 0.486 e. The van der Waals surface area contributed by atoms with Gasteiger partial charge < -0.3 is 9.47 Å². The molecule has 2 aromatic rings. The topological polar surface area (TPSA) is 52.6 Å². The molecule has 0 fully saturated rings. The summed E-state index contributed by atoms with van der Waals surface area (Å²) in [5.41, 5.74) is 1.47. The van der Waals surface area contributed by atoms with Gasteiger partial charge in [0, 0.05) is 0 Å². The van der Waals surface area contributed by atoms with Crippen LogP contribution in [0.15, 0.2) is 48.5 Å². The molecule has 2 rings (SSSR count). The van der Waals surface area contributed by atoms with Crippen LogP contribution in [-0.2, 0) is 27.4 Å². The smallest absolute Gasteiger partial charge is 0.316 e. The third-order valence-corrected chi connectivity index (χ3v) is 3.74. The van der Waals surface area contributed by atoms with Gasteiger partial charge in [-0.3, -0.25) is 9.59 Å². The minimum Gasteiger partial charge on any atom is -0.486 e. The van der Waals surface area contributed by atoms with Crippen LogP contribution in [0.2, 0.25) is 0 Å². The van der Waals surface area contributed by atoms with Gasteiger partial charge in [0.1, 0.15) is 18.3 Å². The monoisotopic (exact) mass is 344 g/mol. The Labute approximate surface area is 146 Å². The maximum Gasteiger partial charge on any atom is 0.316 e. The molecule has 0 N–H and O–H groups in total. The van der Waals surface area contributed by atoms with Crippen molar-refractivity contribution in [3.05, 3.63) is 65.5 Å². The molecule has 4 nitrogen and oxygen atoms in total. The quantitative estimate of drug-likeness (QED) is 0.541. The lowest BCUT2D eigenvalue weighted by Gasteiger charge is -2.13. The van der Waals surface area contributed by atoms with Crippen LogP contribution < -0.4 is 4.74 Å². The van der Waals surface area contributed by atoms with Crippen molar-refractivity contribution in [2.45, 2.75) is 26.9 Å². The molecule has 0 radical (unpaired) electrons. The maximum absolute atomic E-state index is 14.2. The van der Waals surface area contributed by atoms with E-state index in [2.05, 4.69) is 0 Å². The first-order chi connectivity index (χ1) is 12.0. The summed E-state index contributed by atoms with van der Waals surface area (Å²) in [7, 11) is 0. The zero-order valence-corrected chi connectivity index (χ0v) is 14.3. The van der Waals surface area contributed by atoms with Crippen molar-refractivity contribution in [2.24, 2.45) is 5.92 Å². The Bertz CT molecular complexity index is 728. The molecule has 0 saturated heterocycles. The van der Waals surface area contributed by atoms with E-state index in [1.165, 1.54) is 19.1 Å². The summed E-state index contributed by atoms with van der Waals surface area (Å²) in [4.78, 5) is 23.5. The minimum absolute atomic E-state index is 0.101. The fraction of sp³-hybridized carbons (Fsp3) is 0.300. The van der Waals surface area contributed by atoms with E-state index in [-0.39, 0.29) is 31.2 Å². The molecule has 2 aromatic carbocycles. The molecule has 25 heavy (non-hydrogen) atoms. The van der Waals surface area contributed by atoms with Crippen molar-refractivity contribution in [1.29, 1.82) is 0 Å². The van der Waals surface area contributed by atoms with Gasteiger partial charge in [-0.05, 0) is 43.5 Å². The third-order valence-electron chi connectivity index (χ3n) is 3.74. The Morgan fingerprint density at radius 1 is 1.08 bits per heavy atom. The van der Waals surface area contributed by atoms with E-state index >= 15 is 0 Å². The van der Waals surface area contributed by atoms with Crippen LogP contribution >= 0.6 is 0 Å². The van der Waals surface area contributed by atoms with Crippen molar-refractivity contribution in [3.8, 4) is 5.75 Å². The van der Waals surface area contributed by atoms with Crippen molar-refractivity contribution < 1.29 is 23.5 Å². The molecule has 1 unspecified atom stereocenters. The van der Waals surface area contributed by atoms with Crippen LogP contribution in [0.3, 0.4) is 0 Å². The first-order valence-corrected chi connectivity index (χ1v) is 8.13. The lowest BCUT2D eigenvalue weighted by Crippen LogP contribution is -2.26. The van der Waals surface area contributed by atoms with Gasteiger partial charge in [-0.25, -0.2) is 4.39 Å². The Balaban J connectivity index is 2.05. The van der Waals surface area contributed by atoms with Crippen molar-refractivity contribution in [3.63, 3.8) is 0 Å². The van der Waals surface area contributed by atoms with Gasteiger partial charge >= 0.3 is 5.97 Å². The second kappa shape index (κ2) is 8.97. The third kappa shape index (κ3) is 5.41. The molecule has 0 aliphatic heterocycles. The van der Waals surface area contributed by atoms with E-state index in [9.17, 15) is 14.0 Å². The normalized spacial score (nSPS) is 11.6. The fourth-order valence-corrected chi connectivity index (χ4v) is 2.40. The van der Waals surface area contributed by atoms with Gasteiger partial charge in [-0.1, -0.05) is 36.4 Å². The molecule has 0 aliphatic rings. The van der Waals surface area contributed by atoms with E-state index in [1.807, 2.05) is 30.3 Å².